The van der Waals surface area contributed by atoms with Crippen LogP contribution >= 0.6 is 0 Å². The van der Waals surface area contributed by atoms with Gasteiger partial charge in [-0.05, 0) is 61.7 Å². The highest BCUT2D eigenvalue weighted by molar-refractivity contribution is 7.87. The molecule has 3 saturated carbocycles. The molecule has 3 fully saturated rings. The summed E-state index contributed by atoms with van der Waals surface area (Å²) in [5.74, 6) is 0.267. The van der Waals surface area contributed by atoms with Gasteiger partial charge in [0.1, 0.15) is 0 Å². The van der Waals surface area contributed by atoms with E-state index in [0.29, 0.717) is 11.8 Å². The molecule has 0 aliphatic heterocycles. The molecule has 1 spiro atoms. The van der Waals surface area contributed by atoms with Gasteiger partial charge in [-0.1, -0.05) is 6.42 Å². The summed E-state index contributed by atoms with van der Waals surface area (Å²) in [6.45, 7) is -0.254. The molecular weight excluding hydrogens is 318 g/mol. The van der Waals surface area contributed by atoms with Gasteiger partial charge in [-0.3, -0.25) is 4.55 Å². The molecule has 0 bridgehead atoms. The average Bonchev–Trinajstić information content (AvgIpc) is 3.15. The van der Waals surface area contributed by atoms with Gasteiger partial charge in [0.05, 0.1) is 6.61 Å². The molecule has 3 rings (SSSR count). The molecule has 0 saturated heterocycles. The van der Waals surface area contributed by atoms with Crippen molar-refractivity contribution in [1.29, 1.82) is 0 Å². The number of carbonyl (C=O) groups is 1. The third-order valence-electron chi connectivity index (χ3n) is 5.65. The largest absolute Gasteiger partial charge is 0.465 e. The van der Waals surface area contributed by atoms with Crippen molar-refractivity contribution in [2.45, 2.75) is 50.2 Å². The first-order chi connectivity index (χ1) is 10.2. The summed E-state index contributed by atoms with van der Waals surface area (Å²) in [6, 6.07) is 0. The van der Waals surface area contributed by atoms with Crippen LogP contribution in [0.2, 0.25) is 0 Å². The molecule has 126 valence electrons. The van der Waals surface area contributed by atoms with Crippen molar-refractivity contribution in [2.24, 2.45) is 23.2 Å². The second kappa shape index (κ2) is 5.12. The Morgan fingerprint density at radius 3 is 2.55 bits per heavy atom. The summed E-state index contributed by atoms with van der Waals surface area (Å²) < 4.78 is 59.1. The molecule has 0 heterocycles. The van der Waals surface area contributed by atoms with Gasteiger partial charge in [0.2, 0.25) is 0 Å². The molecule has 1 N–H and O–H groups in total. The Morgan fingerprint density at radius 2 is 2.00 bits per heavy atom. The van der Waals surface area contributed by atoms with E-state index >= 15 is 0 Å². The lowest BCUT2D eigenvalue weighted by atomic mass is 9.45. The molecular formula is C14H20F2O5S. The Hall–Kier alpha value is -0.760. The summed E-state index contributed by atoms with van der Waals surface area (Å²) in [5.41, 5.74) is 0.650. The highest BCUT2D eigenvalue weighted by Crippen LogP contribution is 2.76. The first-order valence-corrected chi connectivity index (χ1v) is 9.13. The fraction of sp³-hybridized carbons (Fsp3) is 0.929. The first-order valence-electron chi connectivity index (χ1n) is 7.69. The molecule has 3 unspecified atom stereocenters. The summed E-state index contributed by atoms with van der Waals surface area (Å²) in [7, 11) is -5.77. The normalized spacial score (nSPS) is 31.9. The van der Waals surface area contributed by atoms with Crippen LogP contribution in [-0.2, 0) is 19.6 Å². The molecule has 3 aliphatic rings. The van der Waals surface area contributed by atoms with Crippen LogP contribution in [0, 0.1) is 23.2 Å². The molecule has 0 amide bonds. The predicted molar refractivity (Wildman–Crippen MR) is 72.7 cm³/mol. The molecule has 0 aromatic rings. The summed E-state index contributed by atoms with van der Waals surface area (Å²) in [6.07, 6.45) is 7.56. The zero-order valence-electron chi connectivity index (χ0n) is 12.1. The van der Waals surface area contributed by atoms with Crippen molar-refractivity contribution in [1.82, 2.24) is 0 Å². The monoisotopic (exact) mass is 338 g/mol. The van der Waals surface area contributed by atoms with Crippen LogP contribution in [0.3, 0.4) is 0 Å². The second-order valence-corrected chi connectivity index (χ2v) is 8.43. The molecule has 22 heavy (non-hydrogen) atoms. The number of fused-ring (bicyclic) bond motifs is 2. The highest BCUT2D eigenvalue weighted by Gasteiger charge is 2.67. The van der Waals surface area contributed by atoms with Gasteiger partial charge in [-0.2, -0.15) is 17.2 Å². The number of esters is 1. The summed E-state index contributed by atoms with van der Waals surface area (Å²) >= 11 is 0. The standard InChI is InChI=1S/C14H20F2O5S/c15-14(16,22(18,19)20)12(17)21-6-2-1-3-9-7-10-8-13(4-5-13)11(9)10/h9-11H,1-8H2,(H,18,19,20). The Labute approximate surface area is 128 Å². The Morgan fingerprint density at radius 1 is 1.32 bits per heavy atom. The van der Waals surface area contributed by atoms with Crippen LogP contribution in [0.15, 0.2) is 0 Å². The lowest BCUT2D eigenvalue weighted by Crippen LogP contribution is -2.52. The van der Waals surface area contributed by atoms with E-state index in [4.69, 9.17) is 4.55 Å². The minimum Gasteiger partial charge on any atom is -0.460 e. The molecule has 0 aromatic heterocycles. The fourth-order valence-electron chi connectivity index (χ4n) is 4.44. The van der Waals surface area contributed by atoms with Gasteiger partial charge < -0.3 is 4.74 Å². The Balaban J connectivity index is 1.32. The van der Waals surface area contributed by atoms with Crippen LogP contribution in [0.25, 0.3) is 0 Å². The third kappa shape index (κ3) is 2.54. The Kier molecular flexibility index (Phi) is 3.75. The van der Waals surface area contributed by atoms with E-state index in [-0.39, 0.29) is 6.61 Å². The molecule has 5 nitrogen and oxygen atoms in total. The van der Waals surface area contributed by atoms with Gasteiger partial charge in [-0.25, -0.2) is 4.79 Å². The van der Waals surface area contributed by atoms with Gasteiger partial charge in [0.15, 0.2) is 0 Å². The number of rotatable bonds is 7. The van der Waals surface area contributed by atoms with Crippen molar-refractivity contribution in [3.05, 3.63) is 0 Å². The van der Waals surface area contributed by atoms with Crippen LogP contribution in [0.1, 0.15) is 44.9 Å². The molecule has 3 aliphatic carbocycles. The van der Waals surface area contributed by atoms with E-state index < -0.39 is 21.3 Å². The number of unbranched alkanes of at least 4 members (excludes halogenated alkanes) is 1. The van der Waals surface area contributed by atoms with Crippen LogP contribution in [-0.4, -0.2) is 30.8 Å². The molecule has 0 aromatic carbocycles. The number of halogens is 2. The van der Waals surface area contributed by atoms with Gasteiger partial charge in [-0.15, -0.1) is 0 Å². The predicted octanol–water partition coefficient (Wildman–Crippen LogP) is 2.62. The number of hydrogen-bond acceptors (Lipinski definition) is 4. The van der Waals surface area contributed by atoms with Crippen molar-refractivity contribution in [2.75, 3.05) is 6.61 Å². The first kappa shape index (κ1) is 16.1. The number of alkyl halides is 2. The topological polar surface area (TPSA) is 80.7 Å². The highest BCUT2D eigenvalue weighted by atomic mass is 32.2. The maximum absolute atomic E-state index is 12.9. The molecule has 8 heteroatoms. The van der Waals surface area contributed by atoms with E-state index in [0.717, 1.165) is 30.6 Å². The van der Waals surface area contributed by atoms with Gasteiger partial charge >= 0.3 is 21.3 Å². The molecule has 0 radical (unpaired) electrons. The van der Waals surface area contributed by atoms with Crippen molar-refractivity contribution < 1.29 is 31.3 Å². The van der Waals surface area contributed by atoms with E-state index in [1.165, 1.54) is 25.7 Å². The average molecular weight is 338 g/mol. The smallest absolute Gasteiger partial charge is 0.460 e. The lowest BCUT2D eigenvalue weighted by Gasteiger charge is -2.60. The number of carbonyl (C=O) groups excluding carboxylic acids is 1. The maximum Gasteiger partial charge on any atom is 0.465 e. The lowest BCUT2D eigenvalue weighted by molar-refractivity contribution is -0.161. The van der Waals surface area contributed by atoms with E-state index in [9.17, 15) is 22.0 Å². The van der Waals surface area contributed by atoms with Crippen molar-refractivity contribution >= 4 is 16.1 Å². The summed E-state index contributed by atoms with van der Waals surface area (Å²) in [4.78, 5) is 11.0. The minimum atomic E-state index is -5.77. The van der Waals surface area contributed by atoms with Crippen LogP contribution in [0.4, 0.5) is 8.78 Å². The van der Waals surface area contributed by atoms with Gasteiger partial charge in [0.25, 0.3) is 0 Å². The second-order valence-electron chi connectivity index (χ2n) is 6.97. The van der Waals surface area contributed by atoms with Crippen molar-refractivity contribution in [3.63, 3.8) is 0 Å². The van der Waals surface area contributed by atoms with Crippen molar-refractivity contribution in [3.8, 4) is 0 Å². The minimum absolute atomic E-state index is 0.254. The van der Waals surface area contributed by atoms with E-state index in [2.05, 4.69) is 4.74 Å². The zero-order valence-corrected chi connectivity index (χ0v) is 12.9. The SMILES string of the molecule is O=C(OCCCCC1CC2CC3(CC3)C12)C(F)(F)S(=O)(=O)O. The fourth-order valence-corrected chi connectivity index (χ4v) is 4.71. The summed E-state index contributed by atoms with van der Waals surface area (Å²) in [5, 5.41) is -4.89. The zero-order chi connectivity index (χ0) is 16.2. The number of hydrogen-bond donors (Lipinski definition) is 1. The van der Waals surface area contributed by atoms with Crippen LogP contribution < -0.4 is 0 Å². The quantitative estimate of drug-likeness (QED) is 0.438. The molecule has 3 atom stereocenters. The van der Waals surface area contributed by atoms with E-state index in [1.54, 1.807) is 0 Å². The third-order valence-corrected chi connectivity index (χ3v) is 6.47. The number of ether oxygens (including phenoxy) is 1. The van der Waals surface area contributed by atoms with E-state index in [1.807, 2.05) is 0 Å². The van der Waals surface area contributed by atoms with Gasteiger partial charge in [0, 0.05) is 0 Å². The maximum atomic E-state index is 12.9. The van der Waals surface area contributed by atoms with Crippen LogP contribution in [0.5, 0.6) is 0 Å². The Bertz CT molecular complexity index is 570.